The number of halogens is 1. The van der Waals surface area contributed by atoms with Crippen molar-refractivity contribution < 1.29 is 23.8 Å². The highest BCUT2D eigenvalue weighted by Gasteiger charge is 2.24. The van der Waals surface area contributed by atoms with Crippen LogP contribution in [-0.2, 0) is 29.2 Å². The van der Waals surface area contributed by atoms with Crippen LogP contribution in [0.25, 0.3) is 16.6 Å². The van der Waals surface area contributed by atoms with Crippen molar-refractivity contribution in [3.8, 4) is 5.88 Å². The molecule has 2 aliphatic rings. The molecule has 0 N–H and O–H groups in total. The average molecular weight is 601 g/mol. The zero-order valence-electron chi connectivity index (χ0n) is 24.2. The molecule has 2 aromatic heterocycles. The first kappa shape index (κ1) is 29.0. The zero-order chi connectivity index (χ0) is 29.9. The molecule has 4 aromatic rings. The van der Waals surface area contributed by atoms with Crippen LogP contribution in [0, 0.1) is 0 Å². The molecule has 6 rings (SSSR count). The van der Waals surface area contributed by atoms with Gasteiger partial charge in [0.1, 0.15) is 12.4 Å². The van der Waals surface area contributed by atoms with Crippen LogP contribution < -0.4 is 4.74 Å². The summed E-state index contributed by atoms with van der Waals surface area (Å²) in [7, 11) is 1.39. The van der Waals surface area contributed by atoms with E-state index in [9.17, 15) is 9.59 Å². The van der Waals surface area contributed by atoms with Crippen LogP contribution >= 0.6 is 11.6 Å². The van der Waals surface area contributed by atoms with Crippen molar-refractivity contribution in [3.63, 3.8) is 0 Å². The Hall–Kier alpha value is -4.05. The maximum atomic E-state index is 12.2. The normalized spacial score (nSPS) is 16.9. The molecule has 9 nitrogen and oxygen atoms in total. The number of carbonyl (C=O) groups is 2. The molecule has 0 amide bonds. The molecule has 0 unspecified atom stereocenters. The number of hydrogen-bond acceptors (Lipinski definition) is 8. The number of methoxy groups -OCH3 is 1. The van der Waals surface area contributed by atoms with Gasteiger partial charge in [-0.3, -0.25) is 9.69 Å². The molecule has 0 aliphatic carbocycles. The van der Waals surface area contributed by atoms with E-state index >= 15 is 0 Å². The van der Waals surface area contributed by atoms with Crippen LogP contribution in [0.15, 0.2) is 60.7 Å². The first-order valence-corrected chi connectivity index (χ1v) is 14.8. The summed E-state index contributed by atoms with van der Waals surface area (Å²) in [6, 6.07) is 16.5. The summed E-state index contributed by atoms with van der Waals surface area (Å²) in [6.45, 7) is 5.55. The molecule has 1 saturated heterocycles. The molecule has 222 valence electrons. The Morgan fingerprint density at radius 3 is 2.63 bits per heavy atom. The summed E-state index contributed by atoms with van der Waals surface area (Å²) in [4.78, 5) is 35.8. The number of pyridine rings is 1. The SMILES string of the molecule is COC(=O)c1ccc2nc(CN3CC=C(c4cccc(OCc5ccc(C(C)=O)cc5Cl)n4)CC3)n(C[C@@H]3CCO3)c2c1. The van der Waals surface area contributed by atoms with Crippen molar-refractivity contribution >= 4 is 40.0 Å². The lowest BCUT2D eigenvalue weighted by Crippen LogP contribution is -2.33. The Balaban J connectivity index is 1.14. The number of imidazole rings is 1. The predicted octanol–water partition coefficient (Wildman–Crippen LogP) is 5.73. The summed E-state index contributed by atoms with van der Waals surface area (Å²) in [6.07, 6.45) is 4.22. The Bertz CT molecular complexity index is 1710. The van der Waals surface area contributed by atoms with E-state index in [4.69, 9.17) is 35.8 Å². The van der Waals surface area contributed by atoms with Gasteiger partial charge < -0.3 is 18.8 Å². The molecular formula is C33H33ClN4O5. The number of carbonyl (C=O) groups excluding carboxylic acids is 2. The van der Waals surface area contributed by atoms with E-state index in [0.717, 1.165) is 60.7 Å². The molecule has 0 spiro atoms. The van der Waals surface area contributed by atoms with E-state index in [0.29, 0.717) is 35.1 Å². The van der Waals surface area contributed by atoms with Crippen molar-refractivity contribution in [2.75, 3.05) is 26.8 Å². The van der Waals surface area contributed by atoms with Crippen LogP contribution in [0.3, 0.4) is 0 Å². The lowest BCUT2D eigenvalue weighted by Gasteiger charge is -2.29. The standard InChI is InChI=1S/C33H33ClN4O5/c1-21(39)23-6-7-25(27(34)16-23)20-43-32-5-3-4-28(36-32)22-10-13-37(14-11-22)19-31-35-29-9-8-24(33(40)41-2)17-30(29)38(31)18-26-12-15-42-26/h3-10,16-17,26H,11-15,18-20H2,1-2H3/t26-/m0/s1. The number of aromatic nitrogens is 3. The van der Waals surface area contributed by atoms with Gasteiger partial charge in [0.2, 0.25) is 5.88 Å². The van der Waals surface area contributed by atoms with E-state index in [-0.39, 0.29) is 24.5 Å². The van der Waals surface area contributed by atoms with Crippen LogP contribution in [0.2, 0.25) is 5.02 Å². The minimum atomic E-state index is -0.361. The van der Waals surface area contributed by atoms with Gasteiger partial charge in [-0.1, -0.05) is 35.9 Å². The second-order valence-electron chi connectivity index (χ2n) is 10.8. The predicted molar refractivity (Wildman–Crippen MR) is 163 cm³/mol. The largest absolute Gasteiger partial charge is 0.473 e. The van der Waals surface area contributed by atoms with Crippen molar-refractivity contribution in [2.24, 2.45) is 0 Å². The number of rotatable bonds is 10. The number of nitrogens with zero attached hydrogens (tertiary/aromatic N) is 4. The van der Waals surface area contributed by atoms with E-state index in [1.54, 1.807) is 18.2 Å². The molecule has 1 fully saturated rings. The van der Waals surface area contributed by atoms with Crippen molar-refractivity contribution in [3.05, 3.63) is 93.9 Å². The van der Waals surface area contributed by atoms with E-state index in [2.05, 4.69) is 15.5 Å². The minimum Gasteiger partial charge on any atom is -0.473 e. The number of hydrogen-bond donors (Lipinski definition) is 0. The Kier molecular flexibility index (Phi) is 8.56. The van der Waals surface area contributed by atoms with Gasteiger partial charge in [0.25, 0.3) is 0 Å². The number of ketones is 1. The van der Waals surface area contributed by atoms with Crippen LogP contribution in [0.1, 0.15) is 57.6 Å². The van der Waals surface area contributed by atoms with Crippen molar-refractivity contribution in [1.82, 2.24) is 19.4 Å². The van der Waals surface area contributed by atoms with Crippen molar-refractivity contribution in [2.45, 2.75) is 45.6 Å². The third-order valence-corrected chi connectivity index (χ3v) is 8.33. The highest BCUT2D eigenvalue weighted by Crippen LogP contribution is 2.27. The summed E-state index contributed by atoms with van der Waals surface area (Å²) >= 11 is 6.36. The maximum Gasteiger partial charge on any atom is 0.337 e. The molecule has 2 aromatic carbocycles. The van der Waals surface area contributed by atoms with E-state index in [1.165, 1.54) is 19.6 Å². The minimum absolute atomic E-state index is 0.0285. The summed E-state index contributed by atoms with van der Waals surface area (Å²) in [5.41, 5.74) is 5.71. The first-order chi connectivity index (χ1) is 20.9. The summed E-state index contributed by atoms with van der Waals surface area (Å²) < 4.78 is 18.8. The molecule has 10 heteroatoms. The van der Waals surface area contributed by atoms with Crippen LogP contribution in [0.5, 0.6) is 5.88 Å². The topological polar surface area (TPSA) is 95.8 Å². The molecule has 0 radical (unpaired) electrons. The highest BCUT2D eigenvalue weighted by molar-refractivity contribution is 6.31. The van der Waals surface area contributed by atoms with Gasteiger partial charge >= 0.3 is 5.97 Å². The number of fused-ring (bicyclic) bond motifs is 1. The number of ether oxygens (including phenoxy) is 3. The summed E-state index contributed by atoms with van der Waals surface area (Å²) in [5, 5.41) is 0.497. The van der Waals surface area contributed by atoms with Gasteiger partial charge in [-0.2, -0.15) is 0 Å². The van der Waals surface area contributed by atoms with E-state index < -0.39 is 0 Å². The quantitative estimate of drug-likeness (QED) is 0.168. The molecule has 4 heterocycles. The van der Waals surface area contributed by atoms with Crippen molar-refractivity contribution in [1.29, 1.82) is 0 Å². The van der Waals surface area contributed by atoms with Crippen LogP contribution in [-0.4, -0.2) is 64.1 Å². The lowest BCUT2D eigenvalue weighted by molar-refractivity contribution is -0.0591. The first-order valence-electron chi connectivity index (χ1n) is 14.4. The molecule has 2 aliphatic heterocycles. The molecule has 1 atom stereocenters. The zero-order valence-corrected chi connectivity index (χ0v) is 25.0. The molecule has 0 saturated carbocycles. The molecule has 43 heavy (non-hydrogen) atoms. The van der Waals surface area contributed by atoms with Gasteiger partial charge in [0.05, 0.1) is 48.6 Å². The highest BCUT2D eigenvalue weighted by atomic mass is 35.5. The summed E-state index contributed by atoms with van der Waals surface area (Å²) in [5.74, 6) is 1.08. The Morgan fingerprint density at radius 1 is 1.09 bits per heavy atom. The van der Waals surface area contributed by atoms with E-state index in [1.807, 2.05) is 36.4 Å². The fourth-order valence-corrected chi connectivity index (χ4v) is 5.61. The molecular weight excluding hydrogens is 568 g/mol. The maximum absolute atomic E-state index is 12.2. The second kappa shape index (κ2) is 12.7. The third-order valence-electron chi connectivity index (χ3n) is 7.97. The number of benzene rings is 2. The lowest BCUT2D eigenvalue weighted by atomic mass is 10.0. The van der Waals surface area contributed by atoms with Gasteiger partial charge in [-0.25, -0.2) is 14.8 Å². The fourth-order valence-electron chi connectivity index (χ4n) is 5.37. The average Bonchev–Trinajstić information content (AvgIpc) is 3.34. The number of Topliss-reactive ketones (excluding diaryl/α,β-unsaturated/α-hetero) is 1. The van der Waals surface area contributed by atoms with Gasteiger partial charge in [0, 0.05) is 41.9 Å². The molecule has 0 bridgehead atoms. The smallest absolute Gasteiger partial charge is 0.337 e. The van der Waals surface area contributed by atoms with Gasteiger partial charge in [-0.15, -0.1) is 0 Å². The second-order valence-corrected chi connectivity index (χ2v) is 11.2. The van der Waals surface area contributed by atoms with Gasteiger partial charge in [0.15, 0.2) is 5.78 Å². The monoisotopic (exact) mass is 600 g/mol. The fraction of sp³-hybridized carbons (Fsp3) is 0.333. The Morgan fingerprint density at radius 2 is 1.93 bits per heavy atom. The number of esters is 1. The van der Waals surface area contributed by atoms with Gasteiger partial charge in [-0.05, 0) is 55.7 Å². The Labute approximate surface area is 255 Å². The van der Waals surface area contributed by atoms with Crippen LogP contribution in [0.4, 0.5) is 0 Å². The third kappa shape index (κ3) is 6.49.